The number of aryl methyl sites for hydroxylation is 1. The number of carbonyl (C=O) groups excluding carboxylic acids is 1. The van der Waals surface area contributed by atoms with E-state index in [4.69, 9.17) is 4.74 Å². The summed E-state index contributed by atoms with van der Waals surface area (Å²) in [6, 6.07) is 6.59. The monoisotopic (exact) mass is 326 g/mol. The van der Waals surface area contributed by atoms with Gasteiger partial charge in [0.15, 0.2) is 0 Å². The summed E-state index contributed by atoms with van der Waals surface area (Å²) in [5.74, 6) is 0.941. The largest absolute Gasteiger partial charge is 0.493 e. The lowest BCUT2D eigenvalue weighted by atomic mass is 10.00. The van der Waals surface area contributed by atoms with Crippen LogP contribution in [0.2, 0.25) is 0 Å². The van der Waals surface area contributed by atoms with Gasteiger partial charge in [-0.3, -0.25) is 4.79 Å². The van der Waals surface area contributed by atoms with Crippen molar-refractivity contribution in [3.05, 3.63) is 29.3 Å². The van der Waals surface area contributed by atoms with E-state index in [2.05, 4.69) is 30.5 Å². The summed E-state index contributed by atoms with van der Waals surface area (Å²) in [5.41, 5.74) is 2.35. The van der Waals surface area contributed by atoms with E-state index in [-0.39, 0.29) is 24.4 Å². The predicted octanol–water partition coefficient (Wildman–Crippen LogP) is 2.75. The summed E-state index contributed by atoms with van der Waals surface area (Å²) in [7, 11) is 0. The van der Waals surface area contributed by atoms with Gasteiger partial charge in [0.2, 0.25) is 5.91 Å². The highest BCUT2D eigenvalue weighted by atomic mass is 35.5. The van der Waals surface area contributed by atoms with Gasteiger partial charge in [0, 0.05) is 12.1 Å². The average Bonchev–Trinajstić information content (AvgIpc) is 2.46. The molecule has 0 radical (unpaired) electrons. The molecular formula is C17H27ClN2O2. The Bertz CT molecular complexity index is 494. The number of hydrogen-bond acceptors (Lipinski definition) is 3. The third-order valence-electron chi connectivity index (χ3n) is 4.25. The van der Waals surface area contributed by atoms with Gasteiger partial charge in [-0.15, -0.1) is 12.4 Å². The van der Waals surface area contributed by atoms with Gasteiger partial charge in [-0.1, -0.05) is 12.1 Å². The van der Waals surface area contributed by atoms with Crippen molar-refractivity contribution < 1.29 is 9.53 Å². The smallest absolute Gasteiger partial charge is 0.223 e. The van der Waals surface area contributed by atoms with Crippen LogP contribution in [0, 0.1) is 13.8 Å². The van der Waals surface area contributed by atoms with Gasteiger partial charge in [-0.2, -0.15) is 0 Å². The number of benzene rings is 1. The minimum absolute atomic E-state index is 0. The summed E-state index contributed by atoms with van der Waals surface area (Å²) >= 11 is 0. The second-order valence-corrected chi connectivity index (χ2v) is 5.86. The van der Waals surface area contributed by atoms with E-state index in [0.717, 1.165) is 30.7 Å². The molecule has 2 atom stereocenters. The first-order valence-corrected chi connectivity index (χ1v) is 7.79. The van der Waals surface area contributed by atoms with Gasteiger partial charge >= 0.3 is 0 Å². The highest BCUT2D eigenvalue weighted by molar-refractivity contribution is 5.85. The van der Waals surface area contributed by atoms with Gasteiger partial charge in [-0.05, 0) is 57.4 Å². The van der Waals surface area contributed by atoms with E-state index in [1.807, 2.05) is 19.1 Å². The summed E-state index contributed by atoms with van der Waals surface area (Å²) < 4.78 is 5.73. The van der Waals surface area contributed by atoms with Gasteiger partial charge in [-0.25, -0.2) is 0 Å². The summed E-state index contributed by atoms with van der Waals surface area (Å²) in [4.78, 5) is 12.0. The van der Waals surface area contributed by atoms with Gasteiger partial charge < -0.3 is 15.4 Å². The number of piperidine rings is 1. The van der Waals surface area contributed by atoms with Crippen LogP contribution in [0.5, 0.6) is 5.75 Å². The molecule has 0 aliphatic carbocycles. The van der Waals surface area contributed by atoms with Crippen LogP contribution in [-0.4, -0.2) is 31.1 Å². The number of rotatable bonds is 5. The quantitative estimate of drug-likeness (QED) is 0.874. The first-order valence-electron chi connectivity index (χ1n) is 7.79. The molecule has 4 nitrogen and oxygen atoms in total. The van der Waals surface area contributed by atoms with Crippen LogP contribution < -0.4 is 15.4 Å². The van der Waals surface area contributed by atoms with Crippen molar-refractivity contribution >= 4 is 18.3 Å². The van der Waals surface area contributed by atoms with Crippen molar-refractivity contribution in [3.63, 3.8) is 0 Å². The third-order valence-corrected chi connectivity index (χ3v) is 4.25. The minimum Gasteiger partial charge on any atom is -0.493 e. The van der Waals surface area contributed by atoms with Gasteiger partial charge in [0.1, 0.15) is 5.75 Å². The molecule has 1 heterocycles. The summed E-state index contributed by atoms with van der Waals surface area (Å²) in [5, 5.41) is 6.49. The van der Waals surface area contributed by atoms with Crippen LogP contribution >= 0.6 is 12.4 Å². The molecule has 22 heavy (non-hydrogen) atoms. The number of hydrogen-bond donors (Lipinski definition) is 2. The first-order chi connectivity index (χ1) is 10.1. The number of ether oxygens (including phenoxy) is 1. The Morgan fingerprint density at radius 3 is 2.91 bits per heavy atom. The topological polar surface area (TPSA) is 50.4 Å². The van der Waals surface area contributed by atoms with Crippen molar-refractivity contribution in [2.45, 2.75) is 52.1 Å². The Kier molecular flexibility index (Phi) is 7.69. The minimum atomic E-state index is 0. The molecular weight excluding hydrogens is 300 g/mol. The first kappa shape index (κ1) is 18.8. The standard InChI is InChI=1S/C17H26N2O2.ClH/c1-12-6-4-8-16(13(12)2)21-11-9-17(20)19-15-7-5-10-18-14(15)3;/h4,6,8,14-15,18H,5,7,9-11H2,1-3H3,(H,19,20);1H. The summed E-state index contributed by atoms with van der Waals surface area (Å²) in [6.45, 7) is 7.69. The zero-order chi connectivity index (χ0) is 15.2. The Morgan fingerprint density at radius 1 is 1.41 bits per heavy atom. The third kappa shape index (κ3) is 5.18. The van der Waals surface area contributed by atoms with Crippen LogP contribution in [0.4, 0.5) is 0 Å². The molecule has 1 aliphatic rings. The van der Waals surface area contributed by atoms with Crippen molar-refractivity contribution in [2.75, 3.05) is 13.2 Å². The molecule has 0 saturated carbocycles. The molecule has 0 spiro atoms. The lowest BCUT2D eigenvalue weighted by molar-refractivity contribution is -0.122. The van der Waals surface area contributed by atoms with E-state index in [1.54, 1.807) is 0 Å². The Labute approximate surface area is 139 Å². The zero-order valence-corrected chi connectivity index (χ0v) is 14.5. The van der Waals surface area contributed by atoms with Crippen molar-refractivity contribution in [2.24, 2.45) is 0 Å². The maximum absolute atomic E-state index is 12.0. The van der Waals surface area contributed by atoms with E-state index >= 15 is 0 Å². The number of nitrogens with one attached hydrogen (secondary N) is 2. The molecule has 0 bridgehead atoms. The molecule has 1 aliphatic heterocycles. The maximum Gasteiger partial charge on any atom is 0.223 e. The lowest BCUT2D eigenvalue weighted by Gasteiger charge is -2.30. The van der Waals surface area contributed by atoms with E-state index in [9.17, 15) is 4.79 Å². The second kappa shape index (κ2) is 9.01. The highest BCUT2D eigenvalue weighted by Crippen LogP contribution is 2.20. The molecule has 1 aromatic rings. The van der Waals surface area contributed by atoms with Crippen LogP contribution in [0.15, 0.2) is 18.2 Å². The Hall–Kier alpha value is -1.26. The fraction of sp³-hybridized carbons (Fsp3) is 0.588. The molecule has 2 N–H and O–H groups in total. The fourth-order valence-electron chi connectivity index (χ4n) is 2.65. The van der Waals surface area contributed by atoms with Gasteiger partial charge in [0.25, 0.3) is 0 Å². The Morgan fingerprint density at radius 2 is 2.18 bits per heavy atom. The van der Waals surface area contributed by atoms with Crippen LogP contribution in [-0.2, 0) is 4.79 Å². The molecule has 5 heteroatoms. The molecule has 0 aromatic heterocycles. The van der Waals surface area contributed by atoms with Crippen LogP contribution in [0.1, 0.15) is 37.3 Å². The lowest BCUT2D eigenvalue weighted by Crippen LogP contribution is -2.52. The predicted molar refractivity (Wildman–Crippen MR) is 91.9 cm³/mol. The number of amides is 1. The zero-order valence-electron chi connectivity index (χ0n) is 13.6. The fourth-order valence-corrected chi connectivity index (χ4v) is 2.65. The molecule has 2 unspecified atom stereocenters. The normalized spacial score (nSPS) is 20.9. The summed E-state index contributed by atoms with van der Waals surface area (Å²) in [6.07, 6.45) is 2.57. The van der Waals surface area contributed by atoms with Crippen molar-refractivity contribution in [3.8, 4) is 5.75 Å². The number of carbonyl (C=O) groups is 1. The van der Waals surface area contributed by atoms with Crippen molar-refractivity contribution in [1.82, 2.24) is 10.6 Å². The van der Waals surface area contributed by atoms with Crippen LogP contribution in [0.3, 0.4) is 0 Å². The van der Waals surface area contributed by atoms with E-state index in [1.165, 1.54) is 5.56 Å². The molecule has 1 fully saturated rings. The highest BCUT2D eigenvalue weighted by Gasteiger charge is 2.22. The SMILES string of the molecule is Cc1cccc(OCCC(=O)NC2CCCNC2C)c1C.Cl. The van der Waals surface area contributed by atoms with Crippen molar-refractivity contribution in [1.29, 1.82) is 0 Å². The van der Waals surface area contributed by atoms with E-state index < -0.39 is 0 Å². The Balaban J connectivity index is 0.00000242. The molecule has 124 valence electrons. The molecule has 1 aromatic carbocycles. The average molecular weight is 327 g/mol. The number of halogens is 1. The van der Waals surface area contributed by atoms with E-state index in [0.29, 0.717) is 19.1 Å². The molecule has 2 rings (SSSR count). The molecule has 1 saturated heterocycles. The second-order valence-electron chi connectivity index (χ2n) is 5.86. The molecule has 1 amide bonds. The van der Waals surface area contributed by atoms with Crippen LogP contribution in [0.25, 0.3) is 0 Å². The van der Waals surface area contributed by atoms with Gasteiger partial charge in [0.05, 0.1) is 13.0 Å². The maximum atomic E-state index is 12.0.